The zero-order chi connectivity index (χ0) is 14.8. The molecule has 0 saturated heterocycles. The number of rotatable bonds is 5. The summed E-state index contributed by atoms with van der Waals surface area (Å²) in [5.41, 5.74) is 0.677. The van der Waals surface area contributed by atoms with E-state index in [-0.39, 0.29) is 6.04 Å². The smallest absolute Gasteiger partial charge is 0.177 e. The second-order valence-electron chi connectivity index (χ2n) is 5.03. The van der Waals surface area contributed by atoms with Gasteiger partial charge < -0.3 is 5.32 Å². The minimum absolute atomic E-state index is 0.177. The summed E-state index contributed by atoms with van der Waals surface area (Å²) in [6.45, 7) is 4.15. The van der Waals surface area contributed by atoms with Crippen LogP contribution in [0, 0.1) is 6.92 Å². The number of para-hydroxylation sites is 1. The lowest BCUT2D eigenvalue weighted by atomic mass is 10.2. The van der Waals surface area contributed by atoms with E-state index in [4.69, 9.17) is 0 Å². The topological polar surface area (TPSA) is 46.2 Å². The van der Waals surface area contributed by atoms with Gasteiger partial charge >= 0.3 is 0 Å². The van der Waals surface area contributed by atoms with Crippen LogP contribution in [0.5, 0.6) is 0 Å². The molecule has 1 unspecified atom stereocenters. The Morgan fingerprint density at radius 3 is 2.50 bits per heavy atom. The highest BCUT2D eigenvalue weighted by Crippen LogP contribution is 2.23. The summed E-state index contributed by atoms with van der Waals surface area (Å²) < 4.78 is 23.5. The second-order valence-corrected chi connectivity index (χ2v) is 8.39. The van der Waals surface area contributed by atoms with Crippen LogP contribution < -0.4 is 5.32 Å². The van der Waals surface area contributed by atoms with Crippen molar-refractivity contribution in [2.45, 2.75) is 31.2 Å². The third kappa shape index (κ3) is 3.84. The van der Waals surface area contributed by atoms with Crippen molar-refractivity contribution in [1.29, 1.82) is 0 Å². The predicted molar refractivity (Wildman–Crippen MR) is 85.4 cm³/mol. The van der Waals surface area contributed by atoms with Crippen LogP contribution in [0.3, 0.4) is 0 Å². The Balaban J connectivity index is 2.14. The van der Waals surface area contributed by atoms with E-state index in [1.807, 2.05) is 12.1 Å². The average molecular weight is 309 g/mol. The van der Waals surface area contributed by atoms with E-state index >= 15 is 0 Å². The molecular formula is C15H19NO2S2. The molecule has 0 aliphatic carbocycles. The van der Waals surface area contributed by atoms with Crippen molar-refractivity contribution in [3.8, 4) is 0 Å². The number of thiophene rings is 1. The Bertz CT molecular complexity index is 689. The third-order valence-electron chi connectivity index (χ3n) is 2.99. The number of nitrogens with one attached hydrogen (secondary N) is 1. The molecule has 1 heterocycles. The van der Waals surface area contributed by atoms with Crippen molar-refractivity contribution in [1.82, 2.24) is 0 Å². The summed E-state index contributed by atoms with van der Waals surface area (Å²) in [7, 11) is -3.21. The number of anilines is 1. The maximum absolute atomic E-state index is 11.8. The van der Waals surface area contributed by atoms with E-state index in [1.54, 1.807) is 23.5 Å². The number of aryl methyl sites for hydroxylation is 1. The highest BCUT2D eigenvalue weighted by atomic mass is 32.2. The van der Waals surface area contributed by atoms with Gasteiger partial charge in [-0.05, 0) is 38.1 Å². The molecule has 1 aromatic carbocycles. The number of hydrogen-bond donors (Lipinski definition) is 1. The monoisotopic (exact) mass is 309 g/mol. The van der Waals surface area contributed by atoms with E-state index < -0.39 is 9.84 Å². The number of hydrogen-bond acceptors (Lipinski definition) is 4. The van der Waals surface area contributed by atoms with Crippen LogP contribution >= 0.6 is 11.3 Å². The largest absolute Gasteiger partial charge is 0.381 e. The van der Waals surface area contributed by atoms with Crippen LogP contribution in [-0.2, 0) is 16.3 Å². The molecule has 0 radical (unpaired) electrons. The van der Waals surface area contributed by atoms with E-state index in [1.165, 1.54) is 16.0 Å². The molecule has 2 rings (SSSR count). The molecule has 1 N–H and O–H groups in total. The van der Waals surface area contributed by atoms with Crippen LogP contribution in [0.2, 0.25) is 0 Å². The Morgan fingerprint density at radius 2 is 1.90 bits per heavy atom. The minimum atomic E-state index is -3.21. The third-order valence-corrected chi connectivity index (χ3v) is 5.17. The van der Waals surface area contributed by atoms with Gasteiger partial charge in [-0.1, -0.05) is 12.1 Å². The molecule has 0 spiro atoms. The van der Waals surface area contributed by atoms with Gasteiger partial charge in [-0.15, -0.1) is 11.3 Å². The Hall–Kier alpha value is -1.33. The average Bonchev–Trinajstić information content (AvgIpc) is 2.73. The maximum Gasteiger partial charge on any atom is 0.177 e. The highest BCUT2D eigenvalue weighted by Gasteiger charge is 2.14. The standard InChI is InChI=1S/C15H19NO2S2/c1-11(10-13-9-8-12(2)19-13)16-14-6-4-5-7-15(14)20(3,17)18/h4-9,11,16H,10H2,1-3H3. The molecule has 0 bridgehead atoms. The number of sulfone groups is 1. The normalized spacial score (nSPS) is 13.2. The zero-order valence-corrected chi connectivity index (χ0v) is 13.5. The van der Waals surface area contributed by atoms with Crippen LogP contribution in [0.1, 0.15) is 16.7 Å². The van der Waals surface area contributed by atoms with Gasteiger partial charge in [-0.2, -0.15) is 0 Å². The van der Waals surface area contributed by atoms with E-state index in [9.17, 15) is 8.42 Å². The van der Waals surface area contributed by atoms with Crippen molar-refractivity contribution < 1.29 is 8.42 Å². The summed E-state index contributed by atoms with van der Waals surface area (Å²) >= 11 is 1.78. The first-order valence-corrected chi connectivity index (χ1v) is 9.18. The lowest BCUT2D eigenvalue weighted by Crippen LogP contribution is -2.19. The van der Waals surface area contributed by atoms with Gasteiger partial charge in [-0.25, -0.2) is 8.42 Å². The fourth-order valence-corrected chi connectivity index (χ4v) is 3.99. The van der Waals surface area contributed by atoms with Crippen LogP contribution in [0.15, 0.2) is 41.3 Å². The van der Waals surface area contributed by atoms with Gasteiger partial charge in [0.25, 0.3) is 0 Å². The Morgan fingerprint density at radius 1 is 1.20 bits per heavy atom. The quantitative estimate of drug-likeness (QED) is 0.919. The molecular weight excluding hydrogens is 290 g/mol. The van der Waals surface area contributed by atoms with Gasteiger partial charge in [0.15, 0.2) is 9.84 Å². The van der Waals surface area contributed by atoms with Gasteiger partial charge in [0.1, 0.15) is 0 Å². The summed E-state index contributed by atoms with van der Waals surface area (Å²) in [5.74, 6) is 0. The second kappa shape index (κ2) is 5.97. The van der Waals surface area contributed by atoms with Gasteiger partial charge in [-0.3, -0.25) is 0 Å². The highest BCUT2D eigenvalue weighted by molar-refractivity contribution is 7.90. The van der Waals surface area contributed by atoms with Crippen LogP contribution in [0.25, 0.3) is 0 Å². The molecule has 2 aromatic rings. The molecule has 0 amide bonds. The van der Waals surface area contributed by atoms with E-state index in [0.717, 1.165) is 6.42 Å². The van der Waals surface area contributed by atoms with Gasteiger partial charge in [0.05, 0.1) is 10.6 Å². The molecule has 1 atom stereocenters. The first kappa shape index (κ1) is 15.1. The molecule has 3 nitrogen and oxygen atoms in total. The SMILES string of the molecule is Cc1ccc(CC(C)Nc2ccccc2S(C)(=O)=O)s1. The van der Waals surface area contributed by atoms with Crippen molar-refractivity contribution >= 4 is 26.9 Å². The zero-order valence-electron chi connectivity index (χ0n) is 11.9. The van der Waals surface area contributed by atoms with Gasteiger partial charge in [0.2, 0.25) is 0 Å². The van der Waals surface area contributed by atoms with E-state index in [0.29, 0.717) is 10.6 Å². The van der Waals surface area contributed by atoms with Crippen molar-refractivity contribution in [2.24, 2.45) is 0 Å². The molecule has 0 saturated carbocycles. The van der Waals surface area contributed by atoms with Gasteiger partial charge in [0, 0.05) is 28.5 Å². The molecule has 108 valence electrons. The summed E-state index contributed by atoms with van der Waals surface area (Å²) in [6, 6.07) is 11.5. The van der Waals surface area contributed by atoms with Crippen molar-refractivity contribution in [3.05, 3.63) is 46.2 Å². The molecule has 0 fully saturated rings. The first-order valence-electron chi connectivity index (χ1n) is 6.47. The predicted octanol–water partition coefficient (Wildman–Crippen LogP) is 3.50. The molecule has 20 heavy (non-hydrogen) atoms. The molecule has 1 aromatic heterocycles. The van der Waals surface area contributed by atoms with Crippen LogP contribution in [0.4, 0.5) is 5.69 Å². The lowest BCUT2D eigenvalue weighted by molar-refractivity contribution is 0.602. The Labute approximate surface area is 124 Å². The fraction of sp³-hybridized carbons (Fsp3) is 0.333. The molecule has 5 heteroatoms. The van der Waals surface area contributed by atoms with E-state index in [2.05, 4.69) is 31.3 Å². The van der Waals surface area contributed by atoms with Crippen molar-refractivity contribution in [3.63, 3.8) is 0 Å². The van der Waals surface area contributed by atoms with Crippen molar-refractivity contribution in [2.75, 3.05) is 11.6 Å². The Kier molecular flexibility index (Phi) is 4.50. The number of benzene rings is 1. The maximum atomic E-state index is 11.8. The molecule has 0 aliphatic rings. The minimum Gasteiger partial charge on any atom is -0.381 e. The summed E-state index contributed by atoms with van der Waals surface area (Å²) in [6.07, 6.45) is 2.12. The van der Waals surface area contributed by atoms with Crippen LogP contribution in [-0.4, -0.2) is 20.7 Å². The first-order chi connectivity index (χ1) is 9.36. The lowest BCUT2D eigenvalue weighted by Gasteiger charge is -2.16. The summed E-state index contributed by atoms with van der Waals surface area (Å²) in [4.78, 5) is 2.96. The summed E-state index contributed by atoms with van der Waals surface area (Å²) in [5, 5.41) is 3.30. The fourth-order valence-electron chi connectivity index (χ4n) is 2.12. The molecule has 0 aliphatic heterocycles.